The van der Waals surface area contributed by atoms with Gasteiger partial charge in [0, 0.05) is 18.1 Å². The number of allylic oxidation sites excluding steroid dienone is 2. The Labute approximate surface area is 133 Å². The maximum Gasteiger partial charge on any atom is 0.104 e. The summed E-state index contributed by atoms with van der Waals surface area (Å²) in [6.45, 7) is 3.74. The lowest BCUT2D eigenvalue weighted by molar-refractivity contribution is 0.0776. The summed E-state index contributed by atoms with van der Waals surface area (Å²) in [5.74, 6) is 0.916. The molecule has 0 fully saturated rings. The number of imidazole rings is 1. The molecular weight excluding hydrogens is 292 g/mol. The normalized spacial score (nSPS) is 24.0. The van der Waals surface area contributed by atoms with Gasteiger partial charge in [0.1, 0.15) is 6.33 Å². The van der Waals surface area contributed by atoms with Crippen molar-refractivity contribution in [2.45, 2.75) is 25.9 Å². The van der Waals surface area contributed by atoms with Crippen LogP contribution < -0.4 is 0 Å². The molecule has 0 amide bonds. The van der Waals surface area contributed by atoms with Gasteiger partial charge in [-0.1, -0.05) is 30.3 Å². The van der Waals surface area contributed by atoms with E-state index in [4.69, 9.17) is 0 Å². The summed E-state index contributed by atoms with van der Waals surface area (Å²) in [7, 11) is -1.28. The molecule has 1 N–H and O–H groups in total. The van der Waals surface area contributed by atoms with Gasteiger partial charge < -0.3 is 5.11 Å². The molecule has 0 spiro atoms. The monoisotopic (exact) mass is 314 g/mol. The smallest absolute Gasteiger partial charge is 0.104 e. The highest BCUT2D eigenvalue weighted by molar-refractivity contribution is 8.37. The number of aromatic nitrogens is 2. The molecule has 0 saturated heterocycles. The van der Waals surface area contributed by atoms with E-state index >= 15 is 0 Å². The van der Waals surface area contributed by atoms with Crippen molar-refractivity contribution in [2.24, 2.45) is 0 Å². The number of hydrogen-bond donors (Lipinski definition) is 1. The molecule has 3 rings (SSSR count). The van der Waals surface area contributed by atoms with Crippen LogP contribution in [-0.4, -0.2) is 25.4 Å². The zero-order valence-corrected chi connectivity index (χ0v) is 13.8. The van der Waals surface area contributed by atoms with Crippen LogP contribution in [0, 0.1) is 0 Å². The molecule has 1 aliphatic rings. The molecule has 1 aromatic carbocycles. The van der Waals surface area contributed by atoms with Crippen LogP contribution >= 0.6 is 10.2 Å². The summed E-state index contributed by atoms with van der Waals surface area (Å²) in [5, 5.41) is 14.8. The molecule has 0 aliphatic carbocycles. The largest absolute Gasteiger partial charge is 0.390 e. The lowest BCUT2D eigenvalue weighted by Gasteiger charge is -2.35. The molecule has 1 aliphatic heterocycles. The molecule has 1 atom stereocenters. The third-order valence-corrected chi connectivity index (χ3v) is 6.96. The molecule has 22 heavy (non-hydrogen) atoms. The zero-order chi connectivity index (χ0) is 15.6. The average Bonchev–Trinajstić information content (AvgIpc) is 3.16. The number of benzene rings is 1. The Bertz CT molecular complexity index is 684. The Kier molecular flexibility index (Phi) is 3.98. The van der Waals surface area contributed by atoms with E-state index in [1.165, 1.54) is 11.1 Å². The van der Waals surface area contributed by atoms with Gasteiger partial charge in [-0.25, -0.2) is 4.98 Å². The predicted octanol–water partition coefficient (Wildman–Crippen LogP) is 4.18. The molecular formula is C18H22N2OS. The Morgan fingerprint density at radius 3 is 2.64 bits per heavy atom. The van der Waals surface area contributed by atoms with Crippen LogP contribution in [0.2, 0.25) is 0 Å². The molecule has 116 valence electrons. The standard InChI is InChI=1S/C18H22N2OS/c1-18(2,21)9-13-22(20-11-10-19-15-20)12-8-17(14-22)16-6-4-3-5-7-16/h3-8,10-12,14-15,21H,9,13H2,1-2H3. The van der Waals surface area contributed by atoms with Crippen molar-refractivity contribution < 1.29 is 5.11 Å². The molecule has 3 nitrogen and oxygen atoms in total. The minimum atomic E-state index is -1.28. The van der Waals surface area contributed by atoms with Crippen molar-refractivity contribution in [1.82, 2.24) is 8.96 Å². The summed E-state index contributed by atoms with van der Waals surface area (Å²) >= 11 is 0. The molecule has 2 aromatic rings. The Hall–Kier alpha value is -1.78. The van der Waals surface area contributed by atoms with E-state index in [1.54, 1.807) is 0 Å². The summed E-state index contributed by atoms with van der Waals surface area (Å²) in [5.41, 5.74) is 1.83. The van der Waals surface area contributed by atoms with Gasteiger partial charge in [-0.05, 0) is 48.3 Å². The van der Waals surface area contributed by atoms with Crippen LogP contribution in [-0.2, 0) is 0 Å². The van der Waals surface area contributed by atoms with Gasteiger partial charge in [0.05, 0.1) is 5.60 Å². The Balaban J connectivity index is 1.95. The first kappa shape index (κ1) is 15.1. The molecule has 2 heterocycles. The summed E-state index contributed by atoms with van der Waals surface area (Å²) in [4.78, 5) is 4.21. The highest BCUT2D eigenvalue weighted by Crippen LogP contribution is 2.58. The first-order valence-corrected chi connectivity index (χ1v) is 9.34. The van der Waals surface area contributed by atoms with Gasteiger partial charge in [0.2, 0.25) is 0 Å². The van der Waals surface area contributed by atoms with Crippen LogP contribution in [0.4, 0.5) is 0 Å². The third kappa shape index (κ3) is 3.18. The fourth-order valence-corrected chi connectivity index (χ4v) is 5.69. The third-order valence-electron chi connectivity index (χ3n) is 3.83. The first-order chi connectivity index (χ1) is 10.5. The van der Waals surface area contributed by atoms with E-state index in [-0.39, 0.29) is 0 Å². The quantitative estimate of drug-likeness (QED) is 0.899. The molecule has 0 saturated carbocycles. The van der Waals surface area contributed by atoms with Crippen molar-refractivity contribution in [2.75, 3.05) is 5.75 Å². The van der Waals surface area contributed by atoms with E-state index in [2.05, 4.69) is 50.1 Å². The predicted molar refractivity (Wildman–Crippen MR) is 94.6 cm³/mol. The minimum Gasteiger partial charge on any atom is -0.390 e. The average molecular weight is 314 g/mol. The maximum absolute atomic E-state index is 10.1. The number of hydrogen-bond acceptors (Lipinski definition) is 2. The van der Waals surface area contributed by atoms with Crippen molar-refractivity contribution in [3.8, 4) is 0 Å². The fraction of sp³-hybridized carbons (Fsp3) is 0.278. The van der Waals surface area contributed by atoms with Crippen LogP contribution in [0.1, 0.15) is 25.8 Å². The molecule has 1 unspecified atom stereocenters. The lowest BCUT2D eigenvalue weighted by Crippen LogP contribution is -2.22. The van der Waals surface area contributed by atoms with E-state index in [0.717, 1.165) is 12.2 Å². The van der Waals surface area contributed by atoms with Crippen molar-refractivity contribution in [3.05, 3.63) is 71.5 Å². The van der Waals surface area contributed by atoms with Crippen LogP contribution in [0.5, 0.6) is 0 Å². The first-order valence-electron chi connectivity index (χ1n) is 7.46. The number of nitrogens with zero attached hydrogens (tertiary/aromatic N) is 2. The highest BCUT2D eigenvalue weighted by atomic mass is 32.3. The summed E-state index contributed by atoms with van der Waals surface area (Å²) in [6, 6.07) is 10.4. The SMILES string of the molecule is CC(C)(O)CCS1(n2ccnc2)C=CC(c2ccccc2)=C1. The number of aliphatic hydroxyl groups is 1. The maximum atomic E-state index is 10.1. The highest BCUT2D eigenvalue weighted by Gasteiger charge is 2.28. The second-order valence-electron chi connectivity index (χ2n) is 6.24. The number of rotatable bonds is 5. The van der Waals surface area contributed by atoms with Gasteiger partial charge >= 0.3 is 0 Å². The van der Waals surface area contributed by atoms with Gasteiger partial charge in [0.15, 0.2) is 0 Å². The van der Waals surface area contributed by atoms with E-state index in [9.17, 15) is 5.11 Å². The van der Waals surface area contributed by atoms with E-state index in [1.807, 2.05) is 38.6 Å². The molecule has 0 bridgehead atoms. The topological polar surface area (TPSA) is 38.0 Å². The van der Waals surface area contributed by atoms with Crippen molar-refractivity contribution >= 4 is 15.8 Å². The van der Waals surface area contributed by atoms with Gasteiger partial charge in [-0.2, -0.15) is 0 Å². The van der Waals surface area contributed by atoms with E-state index in [0.29, 0.717) is 0 Å². The van der Waals surface area contributed by atoms with Crippen molar-refractivity contribution in [1.29, 1.82) is 0 Å². The Morgan fingerprint density at radius 1 is 1.23 bits per heavy atom. The Morgan fingerprint density at radius 2 is 2.00 bits per heavy atom. The zero-order valence-electron chi connectivity index (χ0n) is 13.0. The second kappa shape index (κ2) is 5.78. The fourth-order valence-electron chi connectivity index (χ4n) is 2.51. The van der Waals surface area contributed by atoms with Crippen LogP contribution in [0.3, 0.4) is 0 Å². The minimum absolute atomic E-state index is 0.655. The van der Waals surface area contributed by atoms with Crippen molar-refractivity contribution in [3.63, 3.8) is 0 Å². The summed E-state index contributed by atoms with van der Waals surface area (Å²) < 4.78 is 2.20. The second-order valence-corrected chi connectivity index (χ2v) is 9.20. The summed E-state index contributed by atoms with van der Waals surface area (Å²) in [6.07, 6.45) is 8.68. The van der Waals surface area contributed by atoms with E-state index < -0.39 is 15.8 Å². The van der Waals surface area contributed by atoms with Crippen LogP contribution in [0.15, 0.2) is 65.9 Å². The molecule has 0 radical (unpaired) electrons. The van der Waals surface area contributed by atoms with Gasteiger partial charge in [0.25, 0.3) is 0 Å². The van der Waals surface area contributed by atoms with Gasteiger partial charge in [-0.15, -0.1) is 10.2 Å². The van der Waals surface area contributed by atoms with Gasteiger partial charge in [-0.3, -0.25) is 3.97 Å². The lowest BCUT2D eigenvalue weighted by atomic mass is 10.1. The van der Waals surface area contributed by atoms with Crippen LogP contribution in [0.25, 0.3) is 5.57 Å². The molecule has 1 aromatic heterocycles. The molecule has 4 heteroatoms.